The fraction of sp³-hybridized carbons (Fsp3) is 0.143. The summed E-state index contributed by atoms with van der Waals surface area (Å²) in [5.41, 5.74) is 1.83. The van der Waals surface area contributed by atoms with E-state index in [1.54, 1.807) is 18.2 Å². The van der Waals surface area contributed by atoms with Gasteiger partial charge in [0, 0.05) is 6.07 Å². The number of benzene rings is 2. The van der Waals surface area contributed by atoms with Gasteiger partial charge in [-0.3, -0.25) is 10.1 Å². The van der Waals surface area contributed by atoms with Gasteiger partial charge in [-0.1, -0.05) is 42.5 Å². The Labute approximate surface area is 104 Å². The second-order valence-corrected chi connectivity index (χ2v) is 4.20. The van der Waals surface area contributed by atoms with Gasteiger partial charge < -0.3 is 4.74 Å². The van der Waals surface area contributed by atoms with Crippen LogP contribution >= 0.6 is 0 Å². The van der Waals surface area contributed by atoms with Crippen molar-refractivity contribution in [3.8, 4) is 0 Å². The number of ether oxygens (including phenoxy) is 1. The molecule has 2 atom stereocenters. The van der Waals surface area contributed by atoms with E-state index in [1.165, 1.54) is 6.07 Å². The van der Waals surface area contributed by atoms with Crippen LogP contribution in [0, 0.1) is 10.1 Å². The van der Waals surface area contributed by atoms with Crippen molar-refractivity contribution in [2.45, 2.75) is 12.2 Å². The van der Waals surface area contributed by atoms with Gasteiger partial charge in [0.2, 0.25) is 0 Å². The minimum Gasteiger partial charge on any atom is -0.359 e. The van der Waals surface area contributed by atoms with Gasteiger partial charge in [0.25, 0.3) is 5.69 Å². The molecule has 4 nitrogen and oxygen atoms in total. The van der Waals surface area contributed by atoms with E-state index in [4.69, 9.17) is 4.74 Å². The van der Waals surface area contributed by atoms with E-state index < -0.39 is 0 Å². The number of hydrogen-bond acceptors (Lipinski definition) is 3. The third kappa shape index (κ3) is 1.87. The highest BCUT2D eigenvalue weighted by Gasteiger charge is 2.44. The van der Waals surface area contributed by atoms with Crippen LogP contribution in [-0.2, 0) is 4.74 Å². The van der Waals surface area contributed by atoms with Crippen LogP contribution in [0.25, 0.3) is 0 Å². The van der Waals surface area contributed by atoms with E-state index in [2.05, 4.69) is 0 Å². The van der Waals surface area contributed by atoms with E-state index in [-0.39, 0.29) is 22.8 Å². The largest absolute Gasteiger partial charge is 0.359 e. The van der Waals surface area contributed by atoms with E-state index >= 15 is 0 Å². The molecule has 1 fully saturated rings. The SMILES string of the molecule is O=[N+]([O-])c1ccccc1[C@H]1O[C@@H]1c1ccccc1. The lowest BCUT2D eigenvalue weighted by molar-refractivity contribution is -0.385. The zero-order chi connectivity index (χ0) is 12.5. The fourth-order valence-electron chi connectivity index (χ4n) is 2.14. The van der Waals surface area contributed by atoms with Gasteiger partial charge in [0.1, 0.15) is 12.2 Å². The molecular weight excluding hydrogens is 230 g/mol. The van der Waals surface area contributed by atoms with E-state index in [0.29, 0.717) is 5.56 Å². The molecule has 1 aliphatic rings. The Morgan fingerprint density at radius 2 is 1.61 bits per heavy atom. The molecule has 1 aliphatic heterocycles. The molecule has 0 N–H and O–H groups in total. The maximum atomic E-state index is 10.9. The summed E-state index contributed by atoms with van der Waals surface area (Å²) in [7, 11) is 0. The van der Waals surface area contributed by atoms with Gasteiger partial charge in [-0.15, -0.1) is 0 Å². The Hall–Kier alpha value is -2.20. The van der Waals surface area contributed by atoms with Crippen LogP contribution in [-0.4, -0.2) is 4.92 Å². The highest BCUT2D eigenvalue weighted by molar-refractivity contribution is 5.44. The molecule has 0 saturated carbocycles. The predicted octanol–water partition coefficient (Wildman–Crippen LogP) is 3.41. The maximum Gasteiger partial charge on any atom is 0.275 e. The zero-order valence-electron chi connectivity index (χ0n) is 9.52. The summed E-state index contributed by atoms with van der Waals surface area (Å²) in [6, 6.07) is 16.5. The molecule has 3 rings (SSSR count). The maximum absolute atomic E-state index is 10.9. The minimum absolute atomic E-state index is 0.0627. The monoisotopic (exact) mass is 241 g/mol. The first-order valence-corrected chi connectivity index (χ1v) is 5.71. The standard InChI is InChI=1S/C14H11NO3/c16-15(17)12-9-5-4-8-11(12)14-13(18-14)10-6-2-1-3-7-10/h1-9,13-14H/t13-,14-/m1/s1. The van der Waals surface area contributed by atoms with Crippen molar-refractivity contribution in [2.75, 3.05) is 0 Å². The lowest BCUT2D eigenvalue weighted by Gasteiger charge is -1.98. The predicted molar refractivity (Wildman–Crippen MR) is 66.1 cm³/mol. The summed E-state index contributed by atoms with van der Waals surface area (Å²) in [6.45, 7) is 0. The molecule has 0 bridgehead atoms. The first-order chi connectivity index (χ1) is 8.77. The Kier molecular flexibility index (Phi) is 2.57. The topological polar surface area (TPSA) is 55.7 Å². The number of epoxide rings is 1. The van der Waals surface area contributed by atoms with Crippen molar-refractivity contribution in [3.63, 3.8) is 0 Å². The molecule has 18 heavy (non-hydrogen) atoms. The van der Waals surface area contributed by atoms with Crippen LogP contribution in [0.1, 0.15) is 23.3 Å². The Morgan fingerprint density at radius 1 is 0.944 bits per heavy atom. The molecule has 0 aromatic heterocycles. The molecular formula is C14H11NO3. The molecule has 0 spiro atoms. The van der Waals surface area contributed by atoms with Crippen molar-refractivity contribution >= 4 is 5.69 Å². The van der Waals surface area contributed by atoms with Gasteiger partial charge >= 0.3 is 0 Å². The number of rotatable bonds is 3. The van der Waals surface area contributed by atoms with Crippen molar-refractivity contribution < 1.29 is 9.66 Å². The van der Waals surface area contributed by atoms with Gasteiger partial charge in [-0.2, -0.15) is 0 Å². The minimum atomic E-state index is -0.362. The Morgan fingerprint density at radius 3 is 2.33 bits per heavy atom. The number of hydrogen-bond donors (Lipinski definition) is 0. The van der Waals surface area contributed by atoms with Crippen LogP contribution in [0.2, 0.25) is 0 Å². The molecule has 0 aliphatic carbocycles. The van der Waals surface area contributed by atoms with Gasteiger partial charge in [0.05, 0.1) is 10.5 Å². The summed E-state index contributed by atoms with van der Waals surface area (Å²) in [5.74, 6) is 0. The number of para-hydroxylation sites is 1. The van der Waals surface area contributed by atoms with Crippen molar-refractivity contribution in [3.05, 3.63) is 75.8 Å². The van der Waals surface area contributed by atoms with Crippen molar-refractivity contribution in [1.82, 2.24) is 0 Å². The first-order valence-electron chi connectivity index (χ1n) is 5.71. The summed E-state index contributed by atoms with van der Waals surface area (Å²) in [5, 5.41) is 10.9. The van der Waals surface area contributed by atoms with Crippen LogP contribution in [0.15, 0.2) is 54.6 Å². The quantitative estimate of drug-likeness (QED) is 0.470. The Bertz CT molecular complexity index is 583. The average Bonchev–Trinajstić information content (AvgIpc) is 3.20. The number of nitrogens with zero attached hydrogens (tertiary/aromatic N) is 1. The molecule has 2 aromatic rings. The van der Waals surface area contributed by atoms with Crippen LogP contribution in [0.3, 0.4) is 0 Å². The number of nitro groups is 1. The summed E-state index contributed by atoms with van der Waals surface area (Å²) >= 11 is 0. The van der Waals surface area contributed by atoms with Crippen LogP contribution in [0.4, 0.5) is 5.69 Å². The summed E-state index contributed by atoms with van der Waals surface area (Å²) < 4.78 is 5.58. The molecule has 0 unspecified atom stereocenters. The second kappa shape index (κ2) is 4.23. The van der Waals surface area contributed by atoms with Gasteiger partial charge in [0.15, 0.2) is 0 Å². The zero-order valence-corrected chi connectivity index (χ0v) is 9.52. The number of nitro benzene ring substituents is 1. The summed E-state index contributed by atoms with van der Waals surface area (Å²) in [6.07, 6.45) is -0.263. The van der Waals surface area contributed by atoms with Crippen LogP contribution in [0.5, 0.6) is 0 Å². The lowest BCUT2D eigenvalue weighted by atomic mass is 10.0. The van der Waals surface area contributed by atoms with E-state index in [1.807, 2.05) is 30.3 Å². The smallest absolute Gasteiger partial charge is 0.275 e. The lowest BCUT2D eigenvalue weighted by Crippen LogP contribution is -1.94. The third-order valence-electron chi connectivity index (χ3n) is 3.06. The van der Waals surface area contributed by atoms with Crippen molar-refractivity contribution in [1.29, 1.82) is 0 Å². The highest BCUT2D eigenvalue weighted by atomic mass is 16.6. The molecule has 0 radical (unpaired) electrons. The summed E-state index contributed by atoms with van der Waals surface area (Å²) in [4.78, 5) is 10.6. The molecule has 1 saturated heterocycles. The molecule has 2 aromatic carbocycles. The van der Waals surface area contributed by atoms with E-state index in [0.717, 1.165) is 5.56 Å². The average molecular weight is 241 g/mol. The van der Waals surface area contributed by atoms with Gasteiger partial charge in [-0.25, -0.2) is 0 Å². The van der Waals surface area contributed by atoms with Crippen LogP contribution < -0.4 is 0 Å². The normalized spacial score (nSPS) is 21.6. The van der Waals surface area contributed by atoms with Gasteiger partial charge in [-0.05, 0) is 11.6 Å². The van der Waals surface area contributed by atoms with E-state index in [9.17, 15) is 10.1 Å². The Balaban J connectivity index is 1.89. The fourth-order valence-corrected chi connectivity index (χ4v) is 2.14. The molecule has 0 amide bonds. The molecule has 1 heterocycles. The van der Waals surface area contributed by atoms with Crippen molar-refractivity contribution in [2.24, 2.45) is 0 Å². The third-order valence-corrected chi connectivity index (χ3v) is 3.06. The molecule has 90 valence electrons. The first kappa shape index (κ1) is 10.9. The molecule has 4 heteroatoms. The second-order valence-electron chi connectivity index (χ2n) is 4.20. The highest BCUT2D eigenvalue weighted by Crippen LogP contribution is 2.52.